The summed E-state index contributed by atoms with van der Waals surface area (Å²) in [7, 11) is 0. The molecule has 0 aliphatic rings. The van der Waals surface area contributed by atoms with Crippen LogP contribution in [0.5, 0.6) is 0 Å². The Bertz CT molecular complexity index is 569. The zero-order valence-electron chi connectivity index (χ0n) is 10.5. The van der Waals surface area contributed by atoms with Gasteiger partial charge in [-0.05, 0) is 36.2 Å². The Kier molecular flexibility index (Phi) is 4.07. The minimum absolute atomic E-state index is 0.294. The molecule has 0 atom stereocenters. The highest BCUT2D eigenvalue weighted by molar-refractivity contribution is 5.88. The first kappa shape index (κ1) is 13.0. The van der Waals surface area contributed by atoms with Crippen LogP contribution in [0.25, 0.3) is 0 Å². The van der Waals surface area contributed by atoms with Gasteiger partial charge in [-0.25, -0.2) is 14.2 Å². The van der Waals surface area contributed by atoms with Gasteiger partial charge in [-0.2, -0.15) is 0 Å². The number of carbonyl (C=O) groups is 1. The summed E-state index contributed by atoms with van der Waals surface area (Å²) in [5.74, 6) is 0.233. The predicted octanol–water partition coefficient (Wildman–Crippen LogP) is 2.85. The monoisotopic (exact) mass is 259 g/mol. The molecule has 2 aromatic rings. The van der Waals surface area contributed by atoms with Gasteiger partial charge in [-0.15, -0.1) is 0 Å². The van der Waals surface area contributed by atoms with Gasteiger partial charge in [0.05, 0.1) is 0 Å². The van der Waals surface area contributed by atoms with Crippen LogP contribution >= 0.6 is 0 Å². The molecule has 5 heteroatoms. The number of aromatic nitrogens is 1. The van der Waals surface area contributed by atoms with Gasteiger partial charge in [-0.3, -0.25) is 5.32 Å². The van der Waals surface area contributed by atoms with Crippen LogP contribution < -0.4 is 10.6 Å². The normalized spacial score (nSPS) is 10.0. The van der Waals surface area contributed by atoms with E-state index in [4.69, 9.17) is 0 Å². The zero-order chi connectivity index (χ0) is 13.7. The highest BCUT2D eigenvalue weighted by atomic mass is 19.1. The Morgan fingerprint density at radius 1 is 1.26 bits per heavy atom. The van der Waals surface area contributed by atoms with Crippen LogP contribution in [0.3, 0.4) is 0 Å². The maximum atomic E-state index is 12.7. The number of aryl methyl sites for hydroxylation is 1. The molecular weight excluding hydrogens is 245 g/mol. The Labute approximate surface area is 110 Å². The summed E-state index contributed by atoms with van der Waals surface area (Å²) in [4.78, 5) is 15.7. The second-order valence-electron chi connectivity index (χ2n) is 4.10. The van der Waals surface area contributed by atoms with Gasteiger partial charge in [0, 0.05) is 12.7 Å². The lowest BCUT2D eigenvalue weighted by Crippen LogP contribution is -2.28. The van der Waals surface area contributed by atoms with Crippen LogP contribution in [0.1, 0.15) is 11.1 Å². The van der Waals surface area contributed by atoms with Crippen molar-refractivity contribution in [2.45, 2.75) is 13.5 Å². The van der Waals surface area contributed by atoms with Crippen molar-refractivity contribution in [3.05, 3.63) is 59.5 Å². The highest BCUT2D eigenvalue weighted by Crippen LogP contribution is 2.08. The molecule has 19 heavy (non-hydrogen) atoms. The molecule has 0 saturated carbocycles. The first-order valence-electron chi connectivity index (χ1n) is 5.86. The van der Waals surface area contributed by atoms with Crippen LogP contribution in [0, 0.1) is 12.7 Å². The molecule has 2 N–H and O–H groups in total. The number of pyridine rings is 1. The average Bonchev–Trinajstić information content (AvgIpc) is 2.41. The van der Waals surface area contributed by atoms with Crippen molar-refractivity contribution in [1.29, 1.82) is 0 Å². The molecule has 2 amide bonds. The average molecular weight is 259 g/mol. The molecule has 0 saturated heterocycles. The number of amides is 2. The van der Waals surface area contributed by atoms with E-state index in [1.807, 2.05) is 13.0 Å². The van der Waals surface area contributed by atoms with Crippen molar-refractivity contribution in [1.82, 2.24) is 10.3 Å². The van der Waals surface area contributed by atoms with E-state index in [1.54, 1.807) is 24.4 Å². The Morgan fingerprint density at radius 2 is 2.00 bits per heavy atom. The lowest BCUT2D eigenvalue weighted by Gasteiger charge is -2.08. The molecule has 1 aromatic carbocycles. The summed E-state index contributed by atoms with van der Waals surface area (Å²) < 4.78 is 12.7. The van der Waals surface area contributed by atoms with Crippen LogP contribution in [0.4, 0.5) is 15.0 Å². The Morgan fingerprint density at radius 3 is 2.68 bits per heavy atom. The standard InChI is InChI=1S/C14H14FN3O/c1-10-3-2-8-16-13(10)18-14(19)17-9-11-4-6-12(15)7-5-11/h2-8H,9H2,1H3,(H2,16,17,18,19). The van der Waals surface area contributed by atoms with Gasteiger partial charge in [0.25, 0.3) is 0 Å². The fraction of sp³-hybridized carbons (Fsp3) is 0.143. The summed E-state index contributed by atoms with van der Waals surface area (Å²) >= 11 is 0. The Balaban J connectivity index is 1.88. The molecule has 0 unspecified atom stereocenters. The minimum atomic E-state index is -0.342. The molecule has 1 aromatic heterocycles. The van der Waals surface area contributed by atoms with Gasteiger partial charge in [0.15, 0.2) is 0 Å². The SMILES string of the molecule is Cc1cccnc1NC(=O)NCc1ccc(F)cc1. The van der Waals surface area contributed by atoms with Gasteiger partial charge in [-0.1, -0.05) is 18.2 Å². The molecule has 0 radical (unpaired) electrons. The lowest BCUT2D eigenvalue weighted by molar-refractivity contribution is 0.251. The molecule has 0 spiro atoms. The molecule has 2 rings (SSSR count). The van der Waals surface area contributed by atoms with E-state index in [-0.39, 0.29) is 11.8 Å². The number of anilines is 1. The van der Waals surface area contributed by atoms with Gasteiger partial charge >= 0.3 is 6.03 Å². The van der Waals surface area contributed by atoms with Crippen LogP contribution in [0.15, 0.2) is 42.6 Å². The van der Waals surface area contributed by atoms with Crippen molar-refractivity contribution in [2.75, 3.05) is 5.32 Å². The number of benzene rings is 1. The number of hydrogen-bond acceptors (Lipinski definition) is 2. The fourth-order valence-corrected chi connectivity index (χ4v) is 1.55. The van der Waals surface area contributed by atoms with E-state index in [0.717, 1.165) is 11.1 Å². The molecule has 1 heterocycles. The summed E-state index contributed by atoms with van der Waals surface area (Å²) in [5.41, 5.74) is 1.72. The molecule has 0 fully saturated rings. The van der Waals surface area contributed by atoms with Gasteiger partial charge < -0.3 is 5.32 Å². The van der Waals surface area contributed by atoms with Gasteiger partial charge in [0.1, 0.15) is 11.6 Å². The van der Waals surface area contributed by atoms with Crippen LogP contribution in [-0.2, 0) is 6.54 Å². The number of urea groups is 1. The number of carbonyl (C=O) groups excluding carboxylic acids is 1. The third kappa shape index (κ3) is 3.77. The maximum Gasteiger partial charge on any atom is 0.320 e. The highest BCUT2D eigenvalue weighted by Gasteiger charge is 2.04. The molecule has 0 aliphatic carbocycles. The third-order valence-corrected chi connectivity index (χ3v) is 2.61. The summed E-state index contributed by atoms with van der Waals surface area (Å²) in [6.45, 7) is 2.20. The fourth-order valence-electron chi connectivity index (χ4n) is 1.55. The second-order valence-corrected chi connectivity index (χ2v) is 4.10. The predicted molar refractivity (Wildman–Crippen MR) is 71.2 cm³/mol. The minimum Gasteiger partial charge on any atom is -0.334 e. The van der Waals surface area contributed by atoms with Crippen molar-refractivity contribution < 1.29 is 9.18 Å². The number of nitrogens with zero attached hydrogens (tertiary/aromatic N) is 1. The first-order chi connectivity index (χ1) is 9.15. The van der Waals surface area contributed by atoms with Crippen molar-refractivity contribution in [2.24, 2.45) is 0 Å². The van der Waals surface area contributed by atoms with Gasteiger partial charge in [0.2, 0.25) is 0 Å². The molecule has 98 valence electrons. The van der Waals surface area contributed by atoms with Crippen LogP contribution in [-0.4, -0.2) is 11.0 Å². The van der Waals surface area contributed by atoms with E-state index in [1.165, 1.54) is 12.1 Å². The number of nitrogens with one attached hydrogen (secondary N) is 2. The largest absolute Gasteiger partial charge is 0.334 e. The molecule has 0 bridgehead atoms. The molecular formula is C14H14FN3O. The van der Waals surface area contributed by atoms with E-state index < -0.39 is 0 Å². The maximum absolute atomic E-state index is 12.7. The molecule has 4 nitrogen and oxygen atoms in total. The second kappa shape index (κ2) is 5.95. The lowest BCUT2D eigenvalue weighted by atomic mass is 10.2. The summed E-state index contributed by atoms with van der Waals surface area (Å²) in [6, 6.07) is 9.30. The van der Waals surface area contributed by atoms with E-state index in [9.17, 15) is 9.18 Å². The number of rotatable bonds is 3. The van der Waals surface area contributed by atoms with E-state index >= 15 is 0 Å². The van der Waals surface area contributed by atoms with E-state index in [0.29, 0.717) is 12.4 Å². The Hall–Kier alpha value is -2.43. The van der Waals surface area contributed by atoms with Crippen molar-refractivity contribution in [3.8, 4) is 0 Å². The summed E-state index contributed by atoms with van der Waals surface area (Å²) in [5, 5.41) is 5.34. The topological polar surface area (TPSA) is 54.0 Å². The molecule has 0 aliphatic heterocycles. The van der Waals surface area contributed by atoms with Crippen molar-refractivity contribution in [3.63, 3.8) is 0 Å². The van der Waals surface area contributed by atoms with Crippen molar-refractivity contribution >= 4 is 11.8 Å². The van der Waals surface area contributed by atoms with E-state index in [2.05, 4.69) is 15.6 Å². The first-order valence-corrected chi connectivity index (χ1v) is 5.86. The summed E-state index contributed by atoms with van der Waals surface area (Å²) in [6.07, 6.45) is 1.61. The number of hydrogen-bond donors (Lipinski definition) is 2. The number of halogens is 1. The van der Waals surface area contributed by atoms with Crippen LogP contribution in [0.2, 0.25) is 0 Å². The quantitative estimate of drug-likeness (QED) is 0.890. The zero-order valence-corrected chi connectivity index (χ0v) is 10.5. The smallest absolute Gasteiger partial charge is 0.320 e. The third-order valence-electron chi connectivity index (χ3n) is 2.61.